The molecule has 7 nitrogen and oxygen atoms in total. The quantitative estimate of drug-likeness (QED) is 0.566. The van der Waals surface area contributed by atoms with Crippen LogP contribution in [0.5, 0.6) is 0 Å². The molecule has 78 valence electrons. The Morgan fingerprint density at radius 3 is 2.47 bits per heavy atom. The fourth-order valence-electron chi connectivity index (χ4n) is 0.941. The summed E-state index contributed by atoms with van der Waals surface area (Å²) in [5.74, 6) is 0. The van der Waals surface area contributed by atoms with Crippen molar-refractivity contribution in [1.29, 1.82) is 5.26 Å². The molecular weight excluding hydrogens is 222 g/mol. The van der Waals surface area contributed by atoms with Crippen molar-refractivity contribution in [2.75, 3.05) is 0 Å². The summed E-state index contributed by atoms with van der Waals surface area (Å²) in [5, 5.41) is 23.8. The Hall–Kier alpha value is -1.98. The molecule has 0 aliphatic carbocycles. The van der Waals surface area contributed by atoms with Gasteiger partial charge in [0.05, 0.1) is 9.82 Å². The van der Waals surface area contributed by atoms with Crippen molar-refractivity contribution in [3.63, 3.8) is 0 Å². The highest BCUT2D eigenvalue weighted by atomic mass is 32.2. The van der Waals surface area contributed by atoms with Gasteiger partial charge in [0, 0.05) is 6.07 Å². The van der Waals surface area contributed by atoms with E-state index in [9.17, 15) is 18.5 Å². The van der Waals surface area contributed by atoms with E-state index in [1.54, 1.807) is 0 Å². The number of nitriles is 1. The molecule has 0 atom stereocenters. The number of rotatable bonds is 2. The topological polar surface area (TPSA) is 127 Å². The number of hydrogen-bond donors (Lipinski definition) is 1. The van der Waals surface area contributed by atoms with Crippen molar-refractivity contribution < 1.29 is 13.3 Å². The van der Waals surface area contributed by atoms with Crippen LogP contribution in [0.1, 0.15) is 5.56 Å². The first kappa shape index (κ1) is 11.1. The monoisotopic (exact) mass is 227 g/mol. The predicted molar refractivity (Wildman–Crippen MR) is 49.2 cm³/mol. The van der Waals surface area contributed by atoms with Gasteiger partial charge in [-0.1, -0.05) is 0 Å². The molecule has 0 bridgehead atoms. The summed E-state index contributed by atoms with van der Waals surface area (Å²) < 4.78 is 21.8. The molecule has 0 saturated carbocycles. The van der Waals surface area contributed by atoms with Crippen LogP contribution < -0.4 is 5.14 Å². The Labute approximate surface area is 84.9 Å². The standard InChI is InChI=1S/C7H5N3O4S/c8-4-5-3-6(15(9,13)14)1-2-7(5)10(11)12/h1-3H,(H2,9,13,14). The van der Waals surface area contributed by atoms with Crippen molar-refractivity contribution in [2.24, 2.45) is 5.14 Å². The number of sulfonamides is 1. The lowest BCUT2D eigenvalue weighted by Gasteiger charge is -1.98. The normalized spacial score (nSPS) is 10.7. The predicted octanol–water partition coefficient (Wildman–Crippen LogP) is 0.114. The number of nitro groups is 1. The van der Waals surface area contributed by atoms with Gasteiger partial charge in [-0.2, -0.15) is 5.26 Å². The largest absolute Gasteiger partial charge is 0.287 e. The van der Waals surface area contributed by atoms with E-state index >= 15 is 0 Å². The molecule has 8 heteroatoms. The maximum atomic E-state index is 10.9. The molecule has 1 rings (SSSR count). The molecule has 0 fully saturated rings. The number of nitrogens with two attached hydrogens (primary N) is 1. The number of benzene rings is 1. The Kier molecular flexibility index (Phi) is 2.69. The third-order valence-corrected chi connectivity index (χ3v) is 2.52. The van der Waals surface area contributed by atoms with Crippen molar-refractivity contribution in [2.45, 2.75) is 4.90 Å². The van der Waals surface area contributed by atoms with Crippen LogP contribution in [0.4, 0.5) is 5.69 Å². The zero-order valence-corrected chi connectivity index (χ0v) is 8.06. The molecule has 2 N–H and O–H groups in total. The van der Waals surface area contributed by atoms with Crippen LogP contribution in [0.25, 0.3) is 0 Å². The first-order chi connectivity index (χ1) is 6.86. The summed E-state index contributed by atoms with van der Waals surface area (Å²) in [4.78, 5) is 9.31. The van der Waals surface area contributed by atoms with Crippen LogP contribution in [0.2, 0.25) is 0 Å². The van der Waals surface area contributed by atoms with Gasteiger partial charge < -0.3 is 0 Å². The van der Waals surface area contributed by atoms with Crippen molar-refractivity contribution >= 4 is 15.7 Å². The molecule has 0 aromatic heterocycles. The second kappa shape index (κ2) is 3.64. The van der Waals surface area contributed by atoms with Crippen LogP contribution in [-0.4, -0.2) is 13.3 Å². The van der Waals surface area contributed by atoms with Crippen LogP contribution in [-0.2, 0) is 10.0 Å². The summed E-state index contributed by atoms with van der Waals surface area (Å²) in [6.07, 6.45) is 0. The van der Waals surface area contributed by atoms with Crippen LogP contribution >= 0.6 is 0 Å². The highest BCUT2D eigenvalue weighted by Crippen LogP contribution is 2.20. The summed E-state index contributed by atoms with van der Waals surface area (Å²) in [6, 6.07) is 4.31. The molecule has 0 unspecified atom stereocenters. The van der Waals surface area contributed by atoms with E-state index in [4.69, 9.17) is 10.4 Å². The average molecular weight is 227 g/mol. The van der Waals surface area contributed by atoms with E-state index in [1.807, 2.05) is 0 Å². The van der Waals surface area contributed by atoms with Crippen LogP contribution in [0, 0.1) is 21.4 Å². The van der Waals surface area contributed by atoms with Gasteiger partial charge in [-0.25, -0.2) is 13.6 Å². The van der Waals surface area contributed by atoms with Crippen molar-refractivity contribution in [1.82, 2.24) is 0 Å². The minimum Gasteiger partial charge on any atom is -0.258 e. The summed E-state index contributed by atoms with van der Waals surface area (Å²) in [5.41, 5.74) is -0.795. The number of nitro benzene ring substituents is 1. The van der Waals surface area contributed by atoms with Gasteiger partial charge in [0.15, 0.2) is 0 Å². The number of nitrogens with zero attached hydrogens (tertiary/aromatic N) is 2. The fraction of sp³-hybridized carbons (Fsp3) is 0. The zero-order chi connectivity index (χ0) is 11.6. The van der Waals surface area contributed by atoms with Gasteiger partial charge in [-0.15, -0.1) is 0 Å². The molecule has 1 aromatic carbocycles. The summed E-state index contributed by atoms with van der Waals surface area (Å²) in [6.45, 7) is 0. The number of primary sulfonamides is 1. The lowest BCUT2D eigenvalue weighted by molar-refractivity contribution is -0.385. The fourth-order valence-corrected chi connectivity index (χ4v) is 1.48. The molecule has 15 heavy (non-hydrogen) atoms. The summed E-state index contributed by atoms with van der Waals surface area (Å²) in [7, 11) is -3.95. The molecule has 0 saturated heterocycles. The highest BCUT2D eigenvalue weighted by Gasteiger charge is 2.17. The van der Waals surface area contributed by atoms with E-state index in [0.717, 1.165) is 18.2 Å². The van der Waals surface area contributed by atoms with Crippen LogP contribution in [0.15, 0.2) is 23.1 Å². The molecule has 0 amide bonds. The van der Waals surface area contributed by atoms with Gasteiger partial charge in [0.2, 0.25) is 10.0 Å². The van der Waals surface area contributed by atoms with Gasteiger partial charge in [-0.05, 0) is 12.1 Å². The summed E-state index contributed by atoms with van der Waals surface area (Å²) >= 11 is 0. The lowest BCUT2D eigenvalue weighted by atomic mass is 10.2. The van der Waals surface area contributed by atoms with Gasteiger partial charge in [0.1, 0.15) is 11.6 Å². The van der Waals surface area contributed by atoms with E-state index in [-0.39, 0.29) is 10.5 Å². The van der Waals surface area contributed by atoms with Crippen LogP contribution in [0.3, 0.4) is 0 Å². The minimum absolute atomic E-state index is 0.329. The SMILES string of the molecule is N#Cc1cc(S(N)(=O)=O)ccc1[N+](=O)[O-]. The number of hydrogen-bond acceptors (Lipinski definition) is 5. The molecule has 0 spiro atoms. The third-order valence-electron chi connectivity index (χ3n) is 1.61. The third kappa shape index (κ3) is 2.28. The lowest BCUT2D eigenvalue weighted by Crippen LogP contribution is -2.12. The van der Waals surface area contributed by atoms with Crippen molar-refractivity contribution in [3.8, 4) is 6.07 Å². The molecule has 1 aromatic rings. The van der Waals surface area contributed by atoms with Crippen molar-refractivity contribution in [3.05, 3.63) is 33.9 Å². The first-order valence-corrected chi connectivity index (χ1v) is 5.12. The smallest absolute Gasteiger partial charge is 0.258 e. The van der Waals surface area contributed by atoms with Gasteiger partial charge >= 0.3 is 0 Å². The Morgan fingerprint density at radius 1 is 1.47 bits per heavy atom. The minimum atomic E-state index is -3.95. The molecule has 0 aliphatic rings. The van der Waals surface area contributed by atoms with E-state index in [1.165, 1.54) is 6.07 Å². The molecule has 0 aliphatic heterocycles. The van der Waals surface area contributed by atoms with E-state index in [0.29, 0.717) is 0 Å². The molecule has 0 heterocycles. The molecule has 0 radical (unpaired) electrons. The van der Waals surface area contributed by atoms with Gasteiger partial charge in [0.25, 0.3) is 5.69 Å². The maximum absolute atomic E-state index is 10.9. The van der Waals surface area contributed by atoms with E-state index < -0.39 is 20.6 Å². The Balaban J connectivity index is 3.47. The average Bonchev–Trinajstić information content (AvgIpc) is 2.15. The Bertz CT molecular complexity index is 558. The second-order valence-electron chi connectivity index (χ2n) is 2.59. The Morgan fingerprint density at radius 2 is 2.07 bits per heavy atom. The molecular formula is C7H5N3O4S. The van der Waals surface area contributed by atoms with Gasteiger partial charge in [-0.3, -0.25) is 10.1 Å². The highest BCUT2D eigenvalue weighted by molar-refractivity contribution is 7.89. The second-order valence-corrected chi connectivity index (χ2v) is 4.15. The van der Waals surface area contributed by atoms with E-state index in [2.05, 4.69) is 0 Å². The maximum Gasteiger partial charge on any atom is 0.287 e. The first-order valence-electron chi connectivity index (χ1n) is 3.57. The zero-order valence-electron chi connectivity index (χ0n) is 7.25.